The van der Waals surface area contributed by atoms with E-state index in [4.69, 9.17) is 5.73 Å². The summed E-state index contributed by atoms with van der Waals surface area (Å²) in [5.74, 6) is -0.960. The summed E-state index contributed by atoms with van der Waals surface area (Å²) in [4.78, 5) is 33.4. The summed E-state index contributed by atoms with van der Waals surface area (Å²) in [5.41, 5.74) is 5.38. The average Bonchev–Trinajstić information content (AvgIpc) is 2.95. The fraction of sp³-hybridized carbons (Fsp3) is 0.267. The van der Waals surface area contributed by atoms with Crippen LogP contribution < -0.4 is 15.5 Å². The number of carbonyl (C=O) groups excluding carboxylic acids is 1. The molecule has 3 rings (SSSR count). The summed E-state index contributed by atoms with van der Waals surface area (Å²) < 4.78 is 13.9. The van der Waals surface area contributed by atoms with Crippen LogP contribution in [0.5, 0.6) is 0 Å². The lowest BCUT2D eigenvalue weighted by Gasteiger charge is -2.24. The lowest BCUT2D eigenvalue weighted by Crippen LogP contribution is -2.40. The number of rotatable bonds is 4. The molecule has 130 valence electrons. The van der Waals surface area contributed by atoms with Crippen molar-refractivity contribution in [1.82, 2.24) is 9.97 Å². The van der Waals surface area contributed by atoms with Crippen LogP contribution in [0, 0.1) is 15.9 Å². The Balaban J connectivity index is 1.83. The molecule has 2 heterocycles. The Morgan fingerprint density at radius 3 is 2.80 bits per heavy atom. The van der Waals surface area contributed by atoms with E-state index in [1.807, 2.05) is 0 Å². The number of carbonyl (C=O) groups is 1. The van der Waals surface area contributed by atoms with E-state index in [0.29, 0.717) is 13.0 Å². The standard InChI is InChI=1S/C15H15FN6O3/c1-20(15-18-8-12(22(24)25)13(17)19-15)11-6-7-21(14(11)23)10-5-3-2-4-9(10)16/h2-5,8,11H,6-7H2,1H3,(H2,17,18,19)/t11-/m0/s1. The van der Waals surface area contributed by atoms with E-state index in [-0.39, 0.29) is 23.4 Å². The number of aromatic nitrogens is 2. The molecule has 1 aliphatic heterocycles. The number of nitrogens with two attached hydrogens (primary N) is 1. The molecule has 1 atom stereocenters. The van der Waals surface area contributed by atoms with Gasteiger partial charge in [0.2, 0.25) is 17.7 Å². The number of hydrogen-bond donors (Lipinski definition) is 1. The highest BCUT2D eigenvalue weighted by Crippen LogP contribution is 2.28. The molecule has 0 saturated carbocycles. The Kier molecular flexibility index (Phi) is 4.17. The minimum Gasteiger partial charge on any atom is -0.378 e. The lowest BCUT2D eigenvalue weighted by atomic mass is 10.2. The first-order chi connectivity index (χ1) is 11.9. The number of hydrogen-bond acceptors (Lipinski definition) is 7. The smallest absolute Gasteiger partial charge is 0.329 e. The molecule has 9 nitrogen and oxygen atoms in total. The predicted molar refractivity (Wildman–Crippen MR) is 88.7 cm³/mol. The van der Waals surface area contributed by atoms with Gasteiger partial charge in [0.05, 0.1) is 10.6 Å². The quantitative estimate of drug-likeness (QED) is 0.655. The summed E-state index contributed by atoms with van der Waals surface area (Å²) in [6.45, 7) is 0.344. The number of nitrogen functional groups attached to an aromatic ring is 1. The molecule has 1 aromatic heterocycles. The monoisotopic (exact) mass is 346 g/mol. The van der Waals surface area contributed by atoms with Gasteiger partial charge in [-0.2, -0.15) is 4.98 Å². The van der Waals surface area contributed by atoms with E-state index < -0.39 is 22.5 Å². The van der Waals surface area contributed by atoms with Crippen LogP contribution >= 0.6 is 0 Å². The minimum absolute atomic E-state index is 0.0943. The van der Waals surface area contributed by atoms with Crippen molar-refractivity contribution in [3.63, 3.8) is 0 Å². The first-order valence-electron chi connectivity index (χ1n) is 7.45. The maximum atomic E-state index is 13.9. The van der Waals surface area contributed by atoms with E-state index >= 15 is 0 Å². The van der Waals surface area contributed by atoms with Crippen LogP contribution in [-0.2, 0) is 4.79 Å². The number of amides is 1. The highest BCUT2D eigenvalue weighted by molar-refractivity contribution is 6.01. The number of nitrogens with zero attached hydrogens (tertiary/aromatic N) is 5. The molecule has 0 spiro atoms. The van der Waals surface area contributed by atoms with Gasteiger partial charge in [0.25, 0.3) is 0 Å². The number of anilines is 3. The second-order valence-corrected chi connectivity index (χ2v) is 5.55. The summed E-state index contributed by atoms with van der Waals surface area (Å²) in [7, 11) is 1.59. The Morgan fingerprint density at radius 2 is 2.16 bits per heavy atom. The van der Waals surface area contributed by atoms with Gasteiger partial charge in [-0.15, -0.1) is 0 Å². The summed E-state index contributed by atoms with van der Waals surface area (Å²) in [6.07, 6.45) is 1.44. The second-order valence-electron chi connectivity index (χ2n) is 5.55. The zero-order valence-corrected chi connectivity index (χ0v) is 13.3. The van der Waals surface area contributed by atoms with Gasteiger partial charge in [0, 0.05) is 13.6 Å². The van der Waals surface area contributed by atoms with Crippen molar-refractivity contribution < 1.29 is 14.1 Å². The van der Waals surface area contributed by atoms with Gasteiger partial charge in [0.15, 0.2) is 0 Å². The third-order valence-corrected chi connectivity index (χ3v) is 4.09. The van der Waals surface area contributed by atoms with E-state index in [2.05, 4.69) is 9.97 Å². The number of nitro groups is 1. The molecule has 0 bridgehead atoms. The van der Waals surface area contributed by atoms with Crippen molar-refractivity contribution in [2.45, 2.75) is 12.5 Å². The van der Waals surface area contributed by atoms with Crippen LogP contribution in [0.3, 0.4) is 0 Å². The summed E-state index contributed by atoms with van der Waals surface area (Å²) in [6, 6.07) is 5.43. The normalized spacial score (nSPS) is 17.0. The van der Waals surface area contributed by atoms with Gasteiger partial charge in [-0.1, -0.05) is 12.1 Å². The zero-order valence-electron chi connectivity index (χ0n) is 13.3. The molecule has 1 amide bonds. The van der Waals surface area contributed by atoms with Crippen molar-refractivity contribution in [3.05, 3.63) is 46.4 Å². The van der Waals surface area contributed by atoms with Gasteiger partial charge >= 0.3 is 5.69 Å². The van der Waals surface area contributed by atoms with Crippen molar-refractivity contribution >= 4 is 29.0 Å². The molecular formula is C15H15FN6O3. The van der Waals surface area contributed by atoms with E-state index in [1.165, 1.54) is 21.9 Å². The van der Waals surface area contributed by atoms with E-state index in [1.54, 1.807) is 19.2 Å². The third kappa shape index (κ3) is 2.93. The number of benzene rings is 1. The average molecular weight is 346 g/mol. The van der Waals surface area contributed by atoms with E-state index in [0.717, 1.165) is 6.20 Å². The number of para-hydroxylation sites is 1. The molecule has 1 fully saturated rings. The molecule has 25 heavy (non-hydrogen) atoms. The first-order valence-corrected chi connectivity index (χ1v) is 7.45. The Morgan fingerprint density at radius 1 is 1.44 bits per heavy atom. The van der Waals surface area contributed by atoms with Gasteiger partial charge in [-0.05, 0) is 18.6 Å². The van der Waals surface area contributed by atoms with Crippen LogP contribution in [0.25, 0.3) is 0 Å². The van der Waals surface area contributed by atoms with E-state index in [9.17, 15) is 19.3 Å². The van der Waals surface area contributed by atoms with Crippen LogP contribution in [0.15, 0.2) is 30.5 Å². The summed E-state index contributed by atoms with van der Waals surface area (Å²) >= 11 is 0. The maximum Gasteiger partial charge on any atom is 0.329 e. The number of likely N-dealkylation sites (N-methyl/N-ethyl adjacent to an activating group) is 1. The molecule has 0 unspecified atom stereocenters. The molecular weight excluding hydrogens is 331 g/mol. The molecule has 1 aromatic carbocycles. The Hall–Kier alpha value is -3.30. The molecule has 0 radical (unpaired) electrons. The lowest BCUT2D eigenvalue weighted by molar-refractivity contribution is -0.384. The van der Waals surface area contributed by atoms with Gasteiger partial charge in [-0.3, -0.25) is 14.9 Å². The molecule has 10 heteroatoms. The molecule has 2 aromatic rings. The van der Waals surface area contributed by atoms with Gasteiger partial charge in [0.1, 0.15) is 18.1 Å². The first kappa shape index (κ1) is 16.6. The molecule has 2 N–H and O–H groups in total. The predicted octanol–water partition coefficient (Wildman–Crippen LogP) is 1.35. The topological polar surface area (TPSA) is 118 Å². The summed E-state index contributed by atoms with van der Waals surface area (Å²) in [5, 5.41) is 10.8. The Labute approximate surface area is 142 Å². The third-order valence-electron chi connectivity index (χ3n) is 4.09. The zero-order chi connectivity index (χ0) is 18.1. The van der Waals surface area contributed by atoms with Crippen LogP contribution in [-0.4, -0.2) is 40.4 Å². The van der Waals surface area contributed by atoms with Crippen LogP contribution in [0.4, 0.5) is 27.5 Å². The molecule has 0 aliphatic carbocycles. The highest BCUT2D eigenvalue weighted by atomic mass is 19.1. The van der Waals surface area contributed by atoms with Crippen molar-refractivity contribution in [1.29, 1.82) is 0 Å². The second kappa shape index (κ2) is 6.30. The van der Waals surface area contributed by atoms with Gasteiger partial charge in [-0.25, -0.2) is 9.37 Å². The van der Waals surface area contributed by atoms with Crippen LogP contribution in [0.2, 0.25) is 0 Å². The molecule has 1 aliphatic rings. The highest BCUT2D eigenvalue weighted by Gasteiger charge is 2.37. The van der Waals surface area contributed by atoms with Crippen LogP contribution in [0.1, 0.15) is 6.42 Å². The fourth-order valence-corrected chi connectivity index (χ4v) is 2.76. The Bertz CT molecular complexity index is 846. The fourth-order valence-electron chi connectivity index (χ4n) is 2.76. The minimum atomic E-state index is -0.681. The maximum absolute atomic E-state index is 13.9. The molecule has 1 saturated heterocycles. The largest absolute Gasteiger partial charge is 0.378 e. The van der Waals surface area contributed by atoms with Crippen molar-refractivity contribution in [2.24, 2.45) is 0 Å². The SMILES string of the molecule is CN(c1ncc([N+](=O)[O-])c(N)n1)[C@H]1CCN(c2ccccc2F)C1=O. The van der Waals surface area contributed by atoms with Crippen molar-refractivity contribution in [3.8, 4) is 0 Å². The number of halogens is 1. The van der Waals surface area contributed by atoms with Crippen molar-refractivity contribution in [2.75, 3.05) is 29.1 Å². The van der Waals surface area contributed by atoms with Gasteiger partial charge < -0.3 is 15.5 Å².